The quantitative estimate of drug-likeness (QED) is 0.352. The summed E-state index contributed by atoms with van der Waals surface area (Å²) < 4.78 is 18.6. The molecule has 3 saturated carbocycles. The molecule has 9 heteroatoms. The Bertz CT molecular complexity index is 1500. The summed E-state index contributed by atoms with van der Waals surface area (Å²) in [5.41, 5.74) is 1.52. The molecule has 2 unspecified atom stereocenters. The highest BCUT2D eigenvalue weighted by Crippen LogP contribution is 2.60. The van der Waals surface area contributed by atoms with Crippen molar-refractivity contribution in [2.24, 2.45) is 59.2 Å². The van der Waals surface area contributed by atoms with Crippen LogP contribution in [0.25, 0.3) is 0 Å². The number of benzene rings is 2. The first kappa shape index (κ1) is 35.1. The Balaban J connectivity index is 1.21. The molecule has 7 rings (SSSR count). The zero-order valence-corrected chi connectivity index (χ0v) is 30.7. The van der Waals surface area contributed by atoms with Crippen molar-refractivity contribution >= 4 is 11.9 Å². The maximum Gasteiger partial charge on any atom is 0.310 e. The van der Waals surface area contributed by atoms with E-state index in [1.54, 1.807) is 30.3 Å². The Kier molecular flexibility index (Phi) is 9.61. The highest BCUT2D eigenvalue weighted by molar-refractivity contribution is 5.86. The van der Waals surface area contributed by atoms with Crippen molar-refractivity contribution < 1.29 is 34.0 Å². The lowest BCUT2D eigenvalue weighted by Gasteiger charge is -2.50. The van der Waals surface area contributed by atoms with Crippen LogP contribution in [0.3, 0.4) is 0 Å². The number of carbonyl (C=O) groups excluding carboxylic acids is 2. The highest BCUT2D eigenvalue weighted by Gasteiger charge is 2.61. The van der Waals surface area contributed by atoms with Crippen LogP contribution < -0.4 is 4.74 Å². The van der Waals surface area contributed by atoms with Crippen molar-refractivity contribution in [3.63, 3.8) is 0 Å². The van der Waals surface area contributed by atoms with E-state index in [0.717, 1.165) is 50.1 Å². The maximum absolute atomic E-state index is 14.6. The molecule has 2 heterocycles. The number of hydrogen-bond acceptors (Lipinski definition) is 9. The molecule has 0 bridgehead atoms. The predicted molar refractivity (Wildman–Crippen MR) is 190 cm³/mol. The summed E-state index contributed by atoms with van der Waals surface area (Å²) in [5, 5.41) is 20.7. The van der Waals surface area contributed by atoms with Gasteiger partial charge in [0.05, 0.1) is 18.9 Å². The van der Waals surface area contributed by atoms with E-state index in [1.807, 2.05) is 12.1 Å². The second kappa shape index (κ2) is 13.7. The first-order valence-corrected chi connectivity index (χ1v) is 18.8. The van der Waals surface area contributed by atoms with E-state index in [2.05, 4.69) is 51.6 Å². The molecular formula is C41H56N2O7. The fourth-order valence-electron chi connectivity index (χ4n) is 11.2. The summed E-state index contributed by atoms with van der Waals surface area (Å²) in [7, 11) is 5.84. The molecular weight excluding hydrogens is 632 g/mol. The van der Waals surface area contributed by atoms with Crippen LogP contribution in [0.1, 0.15) is 63.5 Å². The molecule has 0 radical (unpaired) electrons. The standard InChI is InChI=1S/C41H56N2O7/c1-21-17-42(5)19-30-23(3)33(15-28(21)30)49-40(46)38-36(25-8-11-27(44)12-9-25)39(37(38)26-10-13-32(45)35(14-26)48-7)41(47)50-34-16-29-22(2)18-43(6)20-31(29)24(34)4/h8-14,21-24,28-31,33-34,36-39,44-45H,15-20H2,1-7H3/t21-,22-,23-,24+,28+,29+,30+,31-,33-,34-,36?,37?,38-,39-/m1/s1. The van der Waals surface area contributed by atoms with Crippen molar-refractivity contribution in [2.45, 2.75) is 64.6 Å². The minimum atomic E-state index is -0.668. The van der Waals surface area contributed by atoms with Gasteiger partial charge in [0.15, 0.2) is 11.5 Å². The van der Waals surface area contributed by atoms with Crippen molar-refractivity contribution in [2.75, 3.05) is 47.4 Å². The first-order chi connectivity index (χ1) is 23.9. The molecule has 0 aromatic heterocycles. The molecule has 14 atom stereocenters. The third-order valence-corrected chi connectivity index (χ3v) is 13.8. The van der Waals surface area contributed by atoms with Crippen LogP contribution in [0.4, 0.5) is 0 Å². The van der Waals surface area contributed by atoms with Crippen molar-refractivity contribution in [1.29, 1.82) is 0 Å². The molecule has 272 valence electrons. The largest absolute Gasteiger partial charge is 0.508 e. The molecule has 5 fully saturated rings. The average Bonchev–Trinajstić information content (AvgIpc) is 3.54. The lowest BCUT2D eigenvalue weighted by Crippen LogP contribution is -2.53. The number of piperidine rings is 2. The number of phenols is 2. The van der Waals surface area contributed by atoms with E-state index in [0.29, 0.717) is 35.5 Å². The summed E-state index contributed by atoms with van der Waals surface area (Å²) in [6.07, 6.45) is 1.30. The highest BCUT2D eigenvalue weighted by atomic mass is 16.6. The number of esters is 2. The molecule has 0 amide bonds. The van der Waals surface area contributed by atoms with E-state index >= 15 is 0 Å². The van der Waals surface area contributed by atoms with E-state index < -0.39 is 23.7 Å². The SMILES string of the molecule is COc1cc(C2[C@H](C(=O)O[C@@H]3C[C@@H]4[C@@H](CN(C)C[C@H]4C)[C@H]3C)C(c3ccc(O)cc3)[C@H]2C(=O)O[C@@H]2C[C@@H]3[C@H](CN(C)C[C@H]3C)[C@@H]2C)ccc1O. The Morgan fingerprint density at radius 2 is 1.12 bits per heavy atom. The Morgan fingerprint density at radius 3 is 1.60 bits per heavy atom. The van der Waals surface area contributed by atoms with E-state index in [4.69, 9.17) is 14.2 Å². The van der Waals surface area contributed by atoms with Gasteiger partial charge in [0.1, 0.15) is 18.0 Å². The number of rotatable bonds is 7. The Morgan fingerprint density at radius 1 is 0.660 bits per heavy atom. The molecule has 2 aromatic carbocycles. The third kappa shape index (κ3) is 6.16. The molecule has 2 aliphatic heterocycles. The number of aromatic hydroxyl groups is 2. The van der Waals surface area contributed by atoms with Crippen LogP contribution in [0, 0.1) is 59.2 Å². The summed E-state index contributed by atoms with van der Waals surface area (Å²) in [4.78, 5) is 34.0. The van der Waals surface area contributed by atoms with Crippen molar-refractivity contribution in [1.82, 2.24) is 9.80 Å². The van der Waals surface area contributed by atoms with Gasteiger partial charge < -0.3 is 34.2 Å². The molecule has 2 N–H and O–H groups in total. The summed E-state index contributed by atoms with van der Waals surface area (Å²) in [6.45, 7) is 13.1. The molecule has 9 nitrogen and oxygen atoms in total. The van der Waals surface area contributed by atoms with Crippen LogP contribution in [0.5, 0.6) is 17.2 Å². The molecule has 50 heavy (non-hydrogen) atoms. The van der Waals surface area contributed by atoms with Crippen LogP contribution in [0.15, 0.2) is 42.5 Å². The fraction of sp³-hybridized carbons (Fsp3) is 0.659. The number of ether oxygens (including phenoxy) is 3. The monoisotopic (exact) mass is 688 g/mol. The minimum absolute atomic E-state index is 0.00754. The first-order valence-electron chi connectivity index (χ1n) is 18.8. The van der Waals surface area contributed by atoms with E-state index in [1.165, 1.54) is 7.11 Å². The average molecular weight is 689 g/mol. The number of methoxy groups -OCH3 is 1. The van der Waals surface area contributed by atoms with Gasteiger partial charge in [-0.1, -0.05) is 45.9 Å². The Labute approximate surface area is 297 Å². The molecule has 3 aliphatic carbocycles. The molecule has 5 aliphatic rings. The predicted octanol–water partition coefficient (Wildman–Crippen LogP) is 5.75. The summed E-state index contributed by atoms with van der Waals surface area (Å²) in [5.74, 6) is 0.851. The van der Waals surface area contributed by atoms with Crippen molar-refractivity contribution in [3.8, 4) is 17.2 Å². The number of phenolic OH excluding ortho intramolecular Hbond substituents is 2. The number of nitrogens with zero attached hydrogens (tertiary/aromatic N) is 2. The van der Waals surface area contributed by atoms with Crippen LogP contribution in [0.2, 0.25) is 0 Å². The van der Waals surface area contributed by atoms with Gasteiger partial charge in [0.25, 0.3) is 0 Å². The van der Waals surface area contributed by atoms with E-state index in [9.17, 15) is 19.8 Å². The van der Waals surface area contributed by atoms with Crippen LogP contribution in [-0.2, 0) is 19.1 Å². The van der Waals surface area contributed by atoms with Gasteiger partial charge in [-0.15, -0.1) is 0 Å². The number of fused-ring (bicyclic) bond motifs is 2. The zero-order chi connectivity index (χ0) is 35.6. The molecule has 2 saturated heterocycles. The van der Waals surface area contributed by atoms with Crippen molar-refractivity contribution in [3.05, 3.63) is 53.6 Å². The van der Waals surface area contributed by atoms with Gasteiger partial charge in [0, 0.05) is 38.0 Å². The normalized spacial score (nSPS) is 40.0. The maximum atomic E-state index is 14.6. The topological polar surface area (TPSA) is 109 Å². The van der Waals surface area contributed by atoms with Gasteiger partial charge >= 0.3 is 11.9 Å². The smallest absolute Gasteiger partial charge is 0.310 e. The lowest BCUT2D eigenvalue weighted by molar-refractivity contribution is -0.175. The fourth-order valence-corrected chi connectivity index (χ4v) is 11.2. The van der Waals surface area contributed by atoms with Gasteiger partial charge in [-0.05, 0) is 110 Å². The van der Waals surface area contributed by atoms with Gasteiger partial charge in [0.2, 0.25) is 0 Å². The summed E-state index contributed by atoms with van der Waals surface area (Å²) in [6, 6.07) is 11.9. The van der Waals surface area contributed by atoms with Gasteiger partial charge in [-0.25, -0.2) is 0 Å². The number of likely N-dealkylation sites (tertiary alicyclic amines) is 2. The minimum Gasteiger partial charge on any atom is -0.508 e. The number of hydrogen-bond donors (Lipinski definition) is 2. The summed E-state index contributed by atoms with van der Waals surface area (Å²) >= 11 is 0. The Hall–Kier alpha value is -3.30. The zero-order valence-electron chi connectivity index (χ0n) is 30.7. The second-order valence-corrected chi connectivity index (χ2v) is 16.8. The molecule has 2 aromatic rings. The van der Waals surface area contributed by atoms with Gasteiger partial charge in [-0.2, -0.15) is 0 Å². The third-order valence-electron chi connectivity index (χ3n) is 13.8. The molecule has 0 spiro atoms. The lowest BCUT2D eigenvalue weighted by atomic mass is 9.52. The van der Waals surface area contributed by atoms with Crippen LogP contribution >= 0.6 is 0 Å². The van der Waals surface area contributed by atoms with Gasteiger partial charge in [-0.3, -0.25) is 9.59 Å². The van der Waals surface area contributed by atoms with Crippen LogP contribution in [-0.4, -0.2) is 91.5 Å². The number of carbonyl (C=O) groups is 2. The van der Waals surface area contributed by atoms with E-state index in [-0.39, 0.29) is 53.2 Å². The second-order valence-electron chi connectivity index (χ2n) is 16.8.